The van der Waals surface area contributed by atoms with Crippen LogP contribution in [0.1, 0.15) is 16.8 Å². The number of carbonyl (C=O) groups excluding carboxylic acids is 2. The number of nitrogens with one attached hydrogen (secondary N) is 1. The van der Waals surface area contributed by atoms with Gasteiger partial charge in [-0.3, -0.25) is 4.79 Å². The Kier molecular flexibility index (Phi) is 8.25. The monoisotopic (exact) mass is 357 g/mol. The highest BCUT2D eigenvalue weighted by Gasteiger charge is 2.25. The van der Waals surface area contributed by atoms with Crippen LogP contribution in [-0.2, 0) is 9.53 Å². The van der Waals surface area contributed by atoms with E-state index in [9.17, 15) is 9.59 Å². The zero-order valence-electron chi connectivity index (χ0n) is 14.5. The zero-order chi connectivity index (χ0) is 18.1. The smallest absolute Gasteiger partial charge is 0.328 e. The highest BCUT2D eigenvalue weighted by Crippen LogP contribution is 2.39. The maximum atomic E-state index is 12.6. The Morgan fingerprint density at radius 1 is 1.08 bits per heavy atom. The molecule has 0 bridgehead atoms. The second-order valence-corrected chi connectivity index (χ2v) is 5.70. The summed E-state index contributed by atoms with van der Waals surface area (Å²) in [7, 11) is 5.67. The van der Waals surface area contributed by atoms with Crippen molar-refractivity contribution in [1.82, 2.24) is 5.32 Å². The van der Waals surface area contributed by atoms with Crippen molar-refractivity contribution in [3.05, 3.63) is 17.7 Å². The molecule has 1 amide bonds. The fourth-order valence-electron chi connectivity index (χ4n) is 2.14. The van der Waals surface area contributed by atoms with E-state index in [4.69, 9.17) is 18.9 Å². The largest absolute Gasteiger partial charge is 0.493 e. The van der Waals surface area contributed by atoms with Crippen LogP contribution in [0.3, 0.4) is 0 Å². The van der Waals surface area contributed by atoms with Crippen LogP contribution in [0.2, 0.25) is 0 Å². The lowest BCUT2D eigenvalue weighted by Crippen LogP contribution is -2.42. The number of methoxy groups -OCH3 is 4. The molecule has 1 rings (SSSR count). The number of rotatable bonds is 9. The topological polar surface area (TPSA) is 83.1 Å². The summed E-state index contributed by atoms with van der Waals surface area (Å²) in [5, 5.41) is 2.68. The molecule has 0 unspecified atom stereocenters. The molecule has 0 saturated carbocycles. The standard InChI is InChI=1S/C16H23NO6S/c1-20-12-7-6-10(13(21-2)14(12)22-3)15(18)17-11(8-9-24-5)16(19)23-4/h6-7,11H,8-9H2,1-5H3,(H,17,18)/t11-/m1/s1. The van der Waals surface area contributed by atoms with Gasteiger partial charge in [0.1, 0.15) is 6.04 Å². The molecule has 0 radical (unpaired) electrons. The van der Waals surface area contributed by atoms with Crippen LogP contribution in [0.5, 0.6) is 17.2 Å². The Bertz CT molecular complexity index is 578. The van der Waals surface area contributed by atoms with Gasteiger partial charge in [-0.15, -0.1) is 0 Å². The summed E-state index contributed by atoms with van der Waals surface area (Å²) in [6.45, 7) is 0. The SMILES string of the molecule is COC(=O)[C@@H](CCSC)NC(=O)c1ccc(OC)c(OC)c1OC. The second kappa shape index (κ2) is 9.92. The van der Waals surface area contributed by atoms with Crippen LogP contribution in [0.25, 0.3) is 0 Å². The van der Waals surface area contributed by atoms with Crippen molar-refractivity contribution in [1.29, 1.82) is 0 Å². The van der Waals surface area contributed by atoms with Gasteiger partial charge in [-0.2, -0.15) is 11.8 Å². The summed E-state index contributed by atoms with van der Waals surface area (Å²) in [5.74, 6) is 0.761. The minimum Gasteiger partial charge on any atom is -0.493 e. The first-order valence-electron chi connectivity index (χ1n) is 7.20. The molecule has 0 fully saturated rings. The van der Waals surface area contributed by atoms with Gasteiger partial charge in [0.25, 0.3) is 5.91 Å². The van der Waals surface area contributed by atoms with Gasteiger partial charge in [0, 0.05) is 0 Å². The Labute approximate surface area is 146 Å². The molecule has 1 aromatic rings. The van der Waals surface area contributed by atoms with Crippen molar-refractivity contribution in [3.63, 3.8) is 0 Å². The molecule has 24 heavy (non-hydrogen) atoms. The van der Waals surface area contributed by atoms with Crippen LogP contribution in [-0.4, -0.2) is 58.4 Å². The molecule has 8 heteroatoms. The number of ether oxygens (including phenoxy) is 4. The highest BCUT2D eigenvalue weighted by molar-refractivity contribution is 7.98. The summed E-state index contributed by atoms with van der Waals surface area (Å²) in [6, 6.07) is 2.43. The van der Waals surface area contributed by atoms with Gasteiger partial charge < -0.3 is 24.3 Å². The number of carbonyl (C=O) groups is 2. The molecule has 0 spiro atoms. The number of hydrogen-bond acceptors (Lipinski definition) is 7. The maximum absolute atomic E-state index is 12.6. The maximum Gasteiger partial charge on any atom is 0.328 e. The van der Waals surface area contributed by atoms with E-state index in [1.165, 1.54) is 28.4 Å². The predicted molar refractivity (Wildman–Crippen MR) is 92.4 cm³/mol. The summed E-state index contributed by atoms with van der Waals surface area (Å²) in [5.41, 5.74) is 0.244. The third-order valence-electron chi connectivity index (χ3n) is 3.35. The molecule has 0 heterocycles. The van der Waals surface area contributed by atoms with Crippen molar-refractivity contribution >= 4 is 23.6 Å². The van der Waals surface area contributed by atoms with Crippen molar-refractivity contribution in [2.45, 2.75) is 12.5 Å². The van der Waals surface area contributed by atoms with E-state index >= 15 is 0 Å². The van der Waals surface area contributed by atoms with E-state index in [0.717, 1.165) is 0 Å². The predicted octanol–water partition coefficient (Wildman–Crippen LogP) is 1.74. The van der Waals surface area contributed by atoms with Crippen molar-refractivity contribution < 1.29 is 28.5 Å². The summed E-state index contributed by atoms with van der Waals surface area (Å²) in [4.78, 5) is 24.4. The van der Waals surface area contributed by atoms with E-state index in [1.54, 1.807) is 23.9 Å². The second-order valence-electron chi connectivity index (χ2n) is 4.71. The van der Waals surface area contributed by atoms with Crippen molar-refractivity contribution in [2.75, 3.05) is 40.4 Å². The van der Waals surface area contributed by atoms with Crippen LogP contribution < -0.4 is 19.5 Å². The molecule has 1 aromatic carbocycles. The number of hydrogen-bond donors (Lipinski definition) is 1. The minimum absolute atomic E-state index is 0.239. The Morgan fingerprint density at radius 3 is 2.25 bits per heavy atom. The molecule has 0 aromatic heterocycles. The van der Waals surface area contributed by atoms with Crippen molar-refractivity contribution in [2.24, 2.45) is 0 Å². The number of thioether (sulfide) groups is 1. The van der Waals surface area contributed by atoms with Crippen molar-refractivity contribution in [3.8, 4) is 17.2 Å². The third kappa shape index (κ3) is 4.70. The van der Waals surface area contributed by atoms with E-state index < -0.39 is 17.9 Å². The fourth-order valence-corrected chi connectivity index (χ4v) is 2.61. The van der Waals surface area contributed by atoms with Crippen LogP contribution in [0.15, 0.2) is 12.1 Å². The minimum atomic E-state index is -0.729. The quantitative estimate of drug-likeness (QED) is 0.674. The highest BCUT2D eigenvalue weighted by atomic mass is 32.2. The van der Waals surface area contributed by atoms with Gasteiger partial charge in [-0.1, -0.05) is 0 Å². The van der Waals surface area contributed by atoms with E-state index in [1.807, 2.05) is 6.26 Å². The fraction of sp³-hybridized carbons (Fsp3) is 0.500. The summed E-state index contributed by atoms with van der Waals surface area (Å²) >= 11 is 1.58. The third-order valence-corrected chi connectivity index (χ3v) is 3.99. The average molecular weight is 357 g/mol. The lowest BCUT2D eigenvalue weighted by molar-refractivity contribution is -0.142. The van der Waals surface area contributed by atoms with Gasteiger partial charge >= 0.3 is 5.97 Å². The van der Waals surface area contributed by atoms with Gasteiger partial charge in [0.05, 0.1) is 34.0 Å². The molecule has 0 saturated heterocycles. The van der Waals surface area contributed by atoms with Gasteiger partial charge in [0.2, 0.25) is 5.75 Å². The lowest BCUT2D eigenvalue weighted by atomic mass is 10.1. The summed E-state index contributed by atoms with van der Waals surface area (Å²) < 4.78 is 20.5. The molecule has 0 aliphatic carbocycles. The molecular formula is C16H23NO6S. The Hall–Kier alpha value is -2.09. The lowest BCUT2D eigenvalue weighted by Gasteiger charge is -2.19. The first-order chi connectivity index (χ1) is 11.5. The molecule has 1 N–H and O–H groups in total. The first-order valence-corrected chi connectivity index (χ1v) is 8.59. The molecule has 7 nitrogen and oxygen atoms in total. The molecule has 1 atom stereocenters. The van der Waals surface area contributed by atoms with Crippen LogP contribution in [0.4, 0.5) is 0 Å². The van der Waals surface area contributed by atoms with E-state index in [2.05, 4.69) is 5.32 Å². The summed E-state index contributed by atoms with van der Waals surface area (Å²) in [6.07, 6.45) is 2.39. The van der Waals surface area contributed by atoms with Gasteiger partial charge in [-0.25, -0.2) is 4.79 Å². The molecule has 134 valence electrons. The number of benzene rings is 1. The molecular weight excluding hydrogens is 334 g/mol. The number of amides is 1. The van der Waals surface area contributed by atoms with Gasteiger partial charge in [-0.05, 0) is 30.6 Å². The average Bonchev–Trinajstić information content (AvgIpc) is 2.62. The Balaban J connectivity index is 3.10. The zero-order valence-corrected chi connectivity index (χ0v) is 15.3. The molecule has 0 aliphatic heterocycles. The normalized spacial score (nSPS) is 11.4. The van der Waals surface area contributed by atoms with E-state index in [-0.39, 0.29) is 11.3 Å². The van der Waals surface area contributed by atoms with Crippen LogP contribution >= 0.6 is 11.8 Å². The number of esters is 1. The molecule has 0 aliphatic rings. The van der Waals surface area contributed by atoms with Crippen LogP contribution in [0, 0.1) is 0 Å². The first kappa shape index (κ1) is 20.0. The Morgan fingerprint density at radius 2 is 1.75 bits per heavy atom. The van der Waals surface area contributed by atoms with Gasteiger partial charge in [0.15, 0.2) is 11.5 Å². The van der Waals surface area contributed by atoms with E-state index in [0.29, 0.717) is 23.7 Å².